The van der Waals surface area contributed by atoms with Crippen LogP contribution < -0.4 is 0 Å². The first-order valence-electron chi connectivity index (χ1n) is 11.9. The third kappa shape index (κ3) is 5.32. The predicted molar refractivity (Wildman–Crippen MR) is 153 cm³/mol. The average Bonchev–Trinajstić information content (AvgIpc) is 3.01. The van der Waals surface area contributed by atoms with Gasteiger partial charge in [-0.15, -0.1) is 20.4 Å². The van der Waals surface area contributed by atoms with Gasteiger partial charge in [0.1, 0.15) is 22.8 Å². The van der Waals surface area contributed by atoms with Crippen molar-refractivity contribution in [3.05, 3.63) is 121 Å². The molecule has 0 atom stereocenters. The lowest BCUT2D eigenvalue weighted by molar-refractivity contribution is 0.849. The molecule has 6 aromatic rings. The Hall–Kier alpha value is -4.40. The van der Waals surface area contributed by atoms with Crippen molar-refractivity contribution in [2.75, 3.05) is 0 Å². The highest BCUT2D eigenvalue weighted by Crippen LogP contribution is 2.37. The molecule has 0 aliphatic rings. The van der Waals surface area contributed by atoms with Crippen LogP contribution in [-0.4, -0.2) is 30.4 Å². The normalized spacial score (nSPS) is 10.8. The molecule has 0 saturated heterocycles. The number of benzene rings is 4. The first-order chi connectivity index (χ1) is 18.8. The molecule has 0 spiro atoms. The van der Waals surface area contributed by atoms with Crippen molar-refractivity contribution in [1.29, 1.82) is 0 Å². The highest BCUT2D eigenvalue weighted by Gasteiger charge is 2.17. The Labute approximate surface area is 228 Å². The SMILES string of the molecule is c1ccc(-c2nnc(SSc3nnc(-c4ccccc4)c(-c4ccccc4)n3)nc2-c2ccccc2)cc1. The number of hydrogen-bond donors (Lipinski definition) is 0. The van der Waals surface area contributed by atoms with Gasteiger partial charge in [-0.1, -0.05) is 121 Å². The Morgan fingerprint density at radius 2 is 0.605 bits per heavy atom. The molecule has 0 aliphatic heterocycles. The number of nitrogens with zero attached hydrogens (tertiary/aromatic N) is 6. The second-order valence-corrected chi connectivity index (χ2v) is 10.3. The summed E-state index contributed by atoms with van der Waals surface area (Å²) in [5, 5.41) is 19.0. The fourth-order valence-electron chi connectivity index (χ4n) is 3.94. The van der Waals surface area contributed by atoms with Crippen LogP contribution in [0.25, 0.3) is 45.0 Å². The summed E-state index contributed by atoms with van der Waals surface area (Å²) < 4.78 is 0. The first kappa shape index (κ1) is 24.0. The van der Waals surface area contributed by atoms with Crippen LogP contribution in [-0.2, 0) is 0 Å². The molecule has 6 rings (SSSR count). The van der Waals surface area contributed by atoms with Gasteiger partial charge >= 0.3 is 0 Å². The van der Waals surface area contributed by atoms with Gasteiger partial charge in [-0.2, -0.15) is 0 Å². The molecular formula is C30H20N6S2. The van der Waals surface area contributed by atoms with Crippen molar-refractivity contribution in [1.82, 2.24) is 30.4 Å². The smallest absolute Gasteiger partial charge is 0.218 e. The second kappa shape index (κ2) is 11.3. The van der Waals surface area contributed by atoms with Crippen molar-refractivity contribution in [3.63, 3.8) is 0 Å². The van der Waals surface area contributed by atoms with E-state index in [2.05, 4.69) is 20.4 Å². The lowest BCUT2D eigenvalue weighted by Gasteiger charge is -2.10. The van der Waals surface area contributed by atoms with E-state index in [-0.39, 0.29) is 0 Å². The quantitative estimate of drug-likeness (QED) is 0.197. The van der Waals surface area contributed by atoms with Crippen LogP contribution >= 0.6 is 21.6 Å². The van der Waals surface area contributed by atoms with Crippen LogP contribution in [0.15, 0.2) is 132 Å². The van der Waals surface area contributed by atoms with Gasteiger partial charge in [-0.3, -0.25) is 0 Å². The van der Waals surface area contributed by atoms with Crippen molar-refractivity contribution < 1.29 is 0 Å². The fraction of sp³-hybridized carbons (Fsp3) is 0. The van der Waals surface area contributed by atoms with Crippen LogP contribution in [0.5, 0.6) is 0 Å². The molecular weight excluding hydrogens is 509 g/mol. The van der Waals surface area contributed by atoms with Gasteiger partial charge in [-0.25, -0.2) is 9.97 Å². The zero-order valence-corrected chi connectivity index (χ0v) is 21.7. The first-order valence-corrected chi connectivity index (χ1v) is 14.1. The largest absolute Gasteiger partial charge is 0.220 e. The Kier molecular flexibility index (Phi) is 7.15. The van der Waals surface area contributed by atoms with Gasteiger partial charge in [0.25, 0.3) is 0 Å². The van der Waals surface area contributed by atoms with Gasteiger partial charge in [-0.05, 0) is 21.6 Å². The molecule has 8 heteroatoms. The summed E-state index contributed by atoms with van der Waals surface area (Å²) in [5.74, 6) is 0. The molecule has 182 valence electrons. The molecule has 0 fully saturated rings. The van der Waals surface area contributed by atoms with Crippen LogP contribution in [0, 0.1) is 0 Å². The molecule has 6 nitrogen and oxygen atoms in total. The zero-order valence-electron chi connectivity index (χ0n) is 20.0. The minimum Gasteiger partial charge on any atom is -0.218 e. The van der Waals surface area contributed by atoms with E-state index in [1.54, 1.807) is 0 Å². The molecule has 0 N–H and O–H groups in total. The average molecular weight is 529 g/mol. The number of aromatic nitrogens is 6. The molecule has 0 radical (unpaired) electrons. The van der Waals surface area contributed by atoms with Crippen molar-refractivity contribution >= 4 is 21.6 Å². The van der Waals surface area contributed by atoms with E-state index in [1.165, 1.54) is 21.6 Å². The maximum absolute atomic E-state index is 4.87. The topological polar surface area (TPSA) is 77.3 Å². The van der Waals surface area contributed by atoms with Crippen molar-refractivity contribution in [3.8, 4) is 45.0 Å². The Morgan fingerprint density at radius 3 is 0.921 bits per heavy atom. The second-order valence-electron chi connectivity index (χ2n) is 8.21. The van der Waals surface area contributed by atoms with E-state index in [4.69, 9.17) is 9.97 Å². The van der Waals surface area contributed by atoms with Crippen LogP contribution in [0.1, 0.15) is 0 Å². The summed E-state index contributed by atoms with van der Waals surface area (Å²) in [4.78, 5) is 9.75. The van der Waals surface area contributed by atoms with E-state index >= 15 is 0 Å². The van der Waals surface area contributed by atoms with E-state index < -0.39 is 0 Å². The fourth-order valence-corrected chi connectivity index (χ4v) is 5.37. The number of hydrogen-bond acceptors (Lipinski definition) is 8. The maximum atomic E-state index is 4.87. The maximum Gasteiger partial charge on any atom is 0.220 e. The predicted octanol–water partition coefficient (Wildman–Crippen LogP) is 7.52. The lowest BCUT2D eigenvalue weighted by Crippen LogP contribution is -2.00. The molecule has 38 heavy (non-hydrogen) atoms. The Bertz CT molecular complexity index is 1520. The van der Waals surface area contributed by atoms with E-state index in [9.17, 15) is 0 Å². The lowest BCUT2D eigenvalue weighted by atomic mass is 10.0. The molecule has 4 aromatic carbocycles. The van der Waals surface area contributed by atoms with Crippen LogP contribution in [0.3, 0.4) is 0 Å². The monoisotopic (exact) mass is 528 g/mol. The minimum atomic E-state index is 0.519. The summed E-state index contributed by atoms with van der Waals surface area (Å²) in [5.41, 5.74) is 6.91. The molecule has 0 saturated carbocycles. The van der Waals surface area contributed by atoms with Gasteiger partial charge < -0.3 is 0 Å². The highest BCUT2D eigenvalue weighted by molar-refractivity contribution is 8.76. The van der Waals surface area contributed by atoms with Crippen molar-refractivity contribution in [2.45, 2.75) is 10.3 Å². The highest BCUT2D eigenvalue weighted by atomic mass is 33.1. The van der Waals surface area contributed by atoms with E-state index in [0.29, 0.717) is 10.3 Å². The van der Waals surface area contributed by atoms with Crippen molar-refractivity contribution in [2.24, 2.45) is 0 Å². The van der Waals surface area contributed by atoms with Gasteiger partial charge in [0.05, 0.1) is 0 Å². The molecule has 0 bridgehead atoms. The minimum absolute atomic E-state index is 0.519. The van der Waals surface area contributed by atoms with Gasteiger partial charge in [0.15, 0.2) is 0 Å². The number of rotatable bonds is 7. The molecule has 2 heterocycles. The summed E-state index contributed by atoms with van der Waals surface area (Å²) in [6, 6.07) is 40.0. The van der Waals surface area contributed by atoms with Crippen LogP contribution in [0.2, 0.25) is 0 Å². The Morgan fingerprint density at radius 1 is 0.316 bits per heavy atom. The Balaban J connectivity index is 1.33. The van der Waals surface area contributed by atoms with Gasteiger partial charge in [0.2, 0.25) is 10.3 Å². The standard InChI is InChI=1S/C30H20N6S2/c1-5-13-21(14-6-1)25-27(23-17-9-3-10-18-23)33-35-29(31-25)37-38-30-32-26(22-15-7-2-8-16-22)28(34-36-30)24-19-11-4-12-20-24/h1-20H. The zero-order chi connectivity index (χ0) is 25.6. The third-order valence-electron chi connectivity index (χ3n) is 5.71. The van der Waals surface area contributed by atoms with Crippen LogP contribution in [0.4, 0.5) is 0 Å². The summed E-state index contributed by atoms with van der Waals surface area (Å²) >= 11 is 0. The molecule has 0 unspecified atom stereocenters. The summed E-state index contributed by atoms with van der Waals surface area (Å²) in [6.45, 7) is 0. The van der Waals surface area contributed by atoms with E-state index in [0.717, 1.165) is 45.0 Å². The molecule has 2 aromatic heterocycles. The molecule has 0 amide bonds. The van der Waals surface area contributed by atoms with Gasteiger partial charge in [0, 0.05) is 22.3 Å². The summed E-state index contributed by atoms with van der Waals surface area (Å²) in [7, 11) is 2.72. The molecule has 0 aliphatic carbocycles. The summed E-state index contributed by atoms with van der Waals surface area (Å²) in [6.07, 6.45) is 0. The van der Waals surface area contributed by atoms with E-state index in [1.807, 2.05) is 121 Å². The third-order valence-corrected chi connectivity index (χ3v) is 7.59.